The van der Waals surface area contributed by atoms with Gasteiger partial charge in [0.15, 0.2) is 5.76 Å². The van der Waals surface area contributed by atoms with Crippen LogP contribution in [-0.2, 0) is 4.74 Å². The fraction of sp³-hybridized carbons (Fsp3) is 0.0625. The summed E-state index contributed by atoms with van der Waals surface area (Å²) in [6.07, 6.45) is 0. The van der Waals surface area contributed by atoms with E-state index in [2.05, 4.69) is 22.6 Å². The van der Waals surface area contributed by atoms with Gasteiger partial charge in [0.25, 0.3) is 0 Å². The minimum atomic E-state index is -0.334. The van der Waals surface area contributed by atoms with Gasteiger partial charge in [0.05, 0.1) is 16.3 Å². The highest BCUT2D eigenvalue weighted by atomic mass is 127. The molecule has 0 saturated carbocycles. The molecule has 0 bridgehead atoms. The molecule has 0 unspecified atom stereocenters. The minimum absolute atomic E-state index is 0.334. The van der Waals surface area contributed by atoms with E-state index in [0.717, 1.165) is 14.7 Å². The molecule has 0 N–H and O–H groups in total. The molecule has 1 aliphatic heterocycles. The van der Waals surface area contributed by atoms with Crippen molar-refractivity contribution in [2.45, 2.75) is 0 Å². The molecule has 0 atom stereocenters. The van der Waals surface area contributed by atoms with E-state index in [1.54, 1.807) is 13.2 Å². The van der Waals surface area contributed by atoms with Gasteiger partial charge in [0.2, 0.25) is 0 Å². The Morgan fingerprint density at radius 3 is 2.55 bits per heavy atom. The Morgan fingerprint density at radius 1 is 1.10 bits per heavy atom. The second-order valence-electron chi connectivity index (χ2n) is 4.31. The van der Waals surface area contributed by atoms with Crippen molar-refractivity contribution in [3.05, 3.63) is 65.2 Å². The van der Waals surface area contributed by atoms with Crippen LogP contribution in [0.2, 0.25) is 0 Å². The van der Waals surface area contributed by atoms with E-state index in [4.69, 9.17) is 9.47 Å². The number of fused-ring (bicyclic) bond motifs is 1. The fourth-order valence-corrected chi connectivity index (χ4v) is 2.86. The highest BCUT2D eigenvalue weighted by molar-refractivity contribution is 14.1. The molecule has 100 valence electrons. The molecule has 0 aromatic heterocycles. The number of rotatable bonds is 2. The number of benzene rings is 2. The molecule has 0 fully saturated rings. The van der Waals surface area contributed by atoms with Gasteiger partial charge in [-0.3, -0.25) is 0 Å². The van der Waals surface area contributed by atoms with Crippen LogP contribution in [0.5, 0.6) is 5.75 Å². The van der Waals surface area contributed by atoms with Crippen LogP contribution >= 0.6 is 22.6 Å². The van der Waals surface area contributed by atoms with Gasteiger partial charge in [0, 0.05) is 5.56 Å². The largest absolute Gasteiger partial charge is 0.497 e. The van der Waals surface area contributed by atoms with E-state index in [-0.39, 0.29) is 5.97 Å². The first-order chi connectivity index (χ1) is 9.70. The number of carbonyl (C=O) groups is 1. The van der Waals surface area contributed by atoms with Crippen LogP contribution in [0.15, 0.2) is 48.5 Å². The van der Waals surface area contributed by atoms with Gasteiger partial charge < -0.3 is 9.47 Å². The highest BCUT2D eigenvalue weighted by Gasteiger charge is 2.29. The summed E-state index contributed by atoms with van der Waals surface area (Å²) in [6, 6.07) is 15.2. The molecular formula is C16H11IO3. The lowest BCUT2D eigenvalue weighted by Crippen LogP contribution is -1.94. The first-order valence-electron chi connectivity index (χ1n) is 6.06. The van der Waals surface area contributed by atoms with Gasteiger partial charge in [0.1, 0.15) is 5.75 Å². The third-order valence-electron chi connectivity index (χ3n) is 3.11. The molecule has 0 saturated heterocycles. The van der Waals surface area contributed by atoms with E-state index in [0.29, 0.717) is 17.1 Å². The van der Waals surface area contributed by atoms with Gasteiger partial charge >= 0.3 is 5.97 Å². The van der Waals surface area contributed by atoms with Crippen molar-refractivity contribution in [3.63, 3.8) is 0 Å². The zero-order valence-corrected chi connectivity index (χ0v) is 12.9. The average Bonchev–Trinajstić information content (AvgIpc) is 2.84. The van der Waals surface area contributed by atoms with Crippen LogP contribution in [0.4, 0.5) is 0 Å². The van der Waals surface area contributed by atoms with Gasteiger partial charge in [-0.05, 0) is 46.4 Å². The van der Waals surface area contributed by atoms with Gasteiger partial charge in [-0.25, -0.2) is 4.79 Å². The number of carbonyl (C=O) groups excluding carboxylic acids is 1. The SMILES string of the molecule is COc1ccc2c(c1)C(=O)O/C2=C(/I)c1ccccc1. The molecule has 3 rings (SSSR count). The quantitative estimate of drug-likeness (QED) is 0.583. The zero-order chi connectivity index (χ0) is 14.1. The van der Waals surface area contributed by atoms with E-state index in [1.807, 2.05) is 42.5 Å². The maximum absolute atomic E-state index is 12.0. The van der Waals surface area contributed by atoms with Crippen LogP contribution in [0, 0.1) is 0 Å². The molecule has 3 nitrogen and oxygen atoms in total. The smallest absolute Gasteiger partial charge is 0.344 e. The Bertz CT molecular complexity index is 705. The van der Waals surface area contributed by atoms with Crippen LogP contribution < -0.4 is 4.74 Å². The molecule has 20 heavy (non-hydrogen) atoms. The Labute approximate surface area is 130 Å². The number of hydrogen-bond acceptors (Lipinski definition) is 3. The van der Waals surface area contributed by atoms with Crippen molar-refractivity contribution < 1.29 is 14.3 Å². The lowest BCUT2D eigenvalue weighted by Gasteiger charge is -2.05. The van der Waals surface area contributed by atoms with Gasteiger partial charge in [-0.15, -0.1) is 0 Å². The summed E-state index contributed by atoms with van der Waals surface area (Å²) in [5.41, 5.74) is 2.38. The summed E-state index contributed by atoms with van der Waals surface area (Å²) >= 11 is 2.21. The summed E-state index contributed by atoms with van der Waals surface area (Å²) in [6.45, 7) is 0. The monoisotopic (exact) mass is 378 g/mol. The number of ether oxygens (including phenoxy) is 2. The molecule has 0 radical (unpaired) electrons. The standard InChI is InChI=1S/C16H11IO3/c1-19-11-7-8-12-13(9-11)16(18)20-15(12)14(17)10-5-3-2-4-6-10/h2-9H,1H3/b15-14+. The lowest BCUT2D eigenvalue weighted by atomic mass is 10.1. The molecule has 2 aromatic rings. The van der Waals surface area contributed by atoms with Crippen molar-refractivity contribution in [1.29, 1.82) is 0 Å². The van der Waals surface area contributed by atoms with E-state index < -0.39 is 0 Å². The summed E-state index contributed by atoms with van der Waals surface area (Å²) in [4.78, 5) is 12.0. The molecule has 0 aliphatic carbocycles. The predicted molar refractivity (Wildman–Crippen MR) is 85.7 cm³/mol. The molecule has 4 heteroatoms. The molecular weight excluding hydrogens is 367 g/mol. The van der Waals surface area contributed by atoms with Crippen molar-refractivity contribution in [2.24, 2.45) is 0 Å². The Kier molecular flexibility index (Phi) is 3.48. The molecule has 0 amide bonds. The second-order valence-corrected chi connectivity index (χ2v) is 5.39. The number of methoxy groups -OCH3 is 1. The number of cyclic esters (lactones) is 1. The first-order valence-corrected chi connectivity index (χ1v) is 7.14. The maximum atomic E-state index is 12.0. The van der Waals surface area contributed by atoms with Crippen LogP contribution in [-0.4, -0.2) is 13.1 Å². The Hall–Kier alpha value is -1.82. The number of hydrogen-bond donors (Lipinski definition) is 0. The van der Waals surface area contributed by atoms with Crippen molar-refractivity contribution >= 4 is 37.9 Å². The molecule has 0 spiro atoms. The lowest BCUT2D eigenvalue weighted by molar-refractivity contribution is 0.0716. The fourth-order valence-electron chi connectivity index (χ4n) is 2.10. The normalized spacial score (nSPS) is 15.6. The Balaban J connectivity index is 2.14. The summed E-state index contributed by atoms with van der Waals surface area (Å²) < 4.78 is 11.5. The number of halogens is 1. The Morgan fingerprint density at radius 2 is 1.85 bits per heavy atom. The van der Waals surface area contributed by atoms with Crippen LogP contribution in [0.1, 0.15) is 21.5 Å². The van der Waals surface area contributed by atoms with Gasteiger partial charge in [-0.2, -0.15) is 0 Å². The average molecular weight is 378 g/mol. The summed E-state index contributed by atoms with van der Waals surface area (Å²) in [5, 5.41) is 0. The van der Waals surface area contributed by atoms with Crippen molar-refractivity contribution in [2.75, 3.05) is 7.11 Å². The maximum Gasteiger partial charge on any atom is 0.344 e. The molecule has 1 aliphatic rings. The third kappa shape index (κ3) is 2.20. The van der Waals surface area contributed by atoms with Crippen LogP contribution in [0.3, 0.4) is 0 Å². The third-order valence-corrected chi connectivity index (χ3v) is 4.23. The highest BCUT2D eigenvalue weighted by Crippen LogP contribution is 2.39. The van der Waals surface area contributed by atoms with E-state index in [1.165, 1.54) is 0 Å². The summed E-state index contributed by atoms with van der Waals surface area (Å²) in [5.74, 6) is 0.926. The summed E-state index contributed by atoms with van der Waals surface area (Å²) in [7, 11) is 1.58. The molecule has 1 heterocycles. The number of esters is 1. The predicted octanol–water partition coefficient (Wildman–Crippen LogP) is 4.13. The van der Waals surface area contributed by atoms with Crippen LogP contribution in [0.25, 0.3) is 9.34 Å². The zero-order valence-electron chi connectivity index (χ0n) is 10.7. The van der Waals surface area contributed by atoms with E-state index in [9.17, 15) is 4.79 Å². The first kappa shape index (κ1) is 13.2. The minimum Gasteiger partial charge on any atom is -0.497 e. The molecule has 2 aromatic carbocycles. The second kappa shape index (κ2) is 5.28. The van der Waals surface area contributed by atoms with Gasteiger partial charge in [-0.1, -0.05) is 30.3 Å². The topological polar surface area (TPSA) is 35.5 Å². The van der Waals surface area contributed by atoms with Crippen molar-refractivity contribution in [1.82, 2.24) is 0 Å². The van der Waals surface area contributed by atoms with Crippen molar-refractivity contribution in [3.8, 4) is 5.75 Å². The van der Waals surface area contributed by atoms with E-state index >= 15 is 0 Å².